The number of benzene rings is 6. The third-order valence-corrected chi connectivity index (χ3v) is 11.2. The monoisotopic (exact) mass is 640 g/mol. The fourth-order valence-electron chi connectivity index (χ4n) is 7.12. The summed E-state index contributed by atoms with van der Waals surface area (Å²) < 4.78 is 7.30. The number of hydrogen-bond donors (Lipinski definition) is 0. The van der Waals surface area contributed by atoms with E-state index in [0.29, 0.717) is 0 Å². The molecule has 5 heteroatoms. The van der Waals surface area contributed by atoms with Crippen molar-refractivity contribution in [3.63, 3.8) is 0 Å². The van der Waals surface area contributed by atoms with Crippen molar-refractivity contribution >= 4 is 77.7 Å². The van der Waals surface area contributed by atoms with Crippen molar-refractivity contribution in [2.75, 3.05) is 0 Å². The summed E-state index contributed by atoms with van der Waals surface area (Å²) in [6.45, 7) is 0. The maximum atomic E-state index is 4.75. The predicted molar refractivity (Wildman–Crippen MR) is 188 cm³/mol. The van der Waals surface area contributed by atoms with Gasteiger partial charge in [0.15, 0.2) is 0 Å². The van der Waals surface area contributed by atoms with E-state index in [1.165, 1.54) is 70.1 Å². The van der Waals surface area contributed by atoms with E-state index in [1.807, 2.05) is 12.4 Å². The number of rotatable bonds is 3. The zero-order chi connectivity index (χ0) is 29.5. The summed E-state index contributed by atoms with van der Waals surface area (Å²) in [5.74, 6) is 0. The number of para-hydroxylation sites is 3. The normalized spacial score (nSPS) is 12.0. The molecule has 4 nitrogen and oxygen atoms in total. The number of fused-ring (bicyclic) bond motifs is 9. The fraction of sp³-hybridized carbons (Fsp3) is 0. The van der Waals surface area contributed by atoms with Crippen LogP contribution < -0.4 is 0 Å². The third-order valence-electron chi connectivity index (χ3n) is 9.04. The molecule has 0 aliphatic rings. The number of hydrogen-bond acceptors (Lipinski definition) is 2. The summed E-state index contributed by atoms with van der Waals surface area (Å²) in [7, 11) is 0. The van der Waals surface area contributed by atoms with Crippen LogP contribution >= 0.6 is 0 Å². The van der Waals surface area contributed by atoms with Gasteiger partial charge in [-0.25, -0.2) is 0 Å². The Kier molecular flexibility index (Phi) is 5.26. The quantitative estimate of drug-likeness (QED) is 0.181. The van der Waals surface area contributed by atoms with Crippen LogP contribution in [0.25, 0.3) is 85.7 Å². The van der Waals surface area contributed by atoms with E-state index in [9.17, 15) is 0 Å². The van der Waals surface area contributed by atoms with Crippen molar-refractivity contribution in [1.82, 2.24) is 19.1 Å². The van der Waals surface area contributed by atoms with Gasteiger partial charge in [-0.1, -0.05) is 12.1 Å². The summed E-state index contributed by atoms with van der Waals surface area (Å²) in [6.07, 6.45) is 3.62. The topological polar surface area (TPSA) is 35.6 Å². The molecular weight excluding hydrogens is 615 g/mol. The van der Waals surface area contributed by atoms with Crippen LogP contribution in [0.1, 0.15) is 0 Å². The molecule has 0 saturated heterocycles. The van der Waals surface area contributed by atoms with Crippen LogP contribution in [0.5, 0.6) is 0 Å². The molecule has 0 spiro atoms. The first-order valence-corrected chi connectivity index (χ1v) is 16.8. The van der Waals surface area contributed by atoms with Gasteiger partial charge in [0.1, 0.15) is 0 Å². The molecule has 4 aromatic heterocycles. The van der Waals surface area contributed by atoms with Crippen molar-refractivity contribution in [2.45, 2.75) is 0 Å². The van der Waals surface area contributed by atoms with Crippen molar-refractivity contribution in [2.24, 2.45) is 0 Å². The summed E-state index contributed by atoms with van der Waals surface area (Å²) in [5.41, 5.74) is 10.6. The molecule has 0 saturated carbocycles. The zero-order valence-electron chi connectivity index (χ0n) is 24.1. The minimum absolute atomic E-state index is 0.103. The molecule has 0 fully saturated rings. The average Bonchev–Trinajstić information content (AvgIpc) is 3.75. The van der Waals surface area contributed by atoms with Gasteiger partial charge in [0.25, 0.3) is 0 Å². The van der Waals surface area contributed by atoms with Crippen LogP contribution in [0.15, 0.2) is 146 Å². The molecular formula is C40H24N4Se. The minimum atomic E-state index is 0.103. The van der Waals surface area contributed by atoms with Crippen molar-refractivity contribution in [3.8, 4) is 22.5 Å². The van der Waals surface area contributed by atoms with E-state index >= 15 is 0 Å². The molecule has 0 N–H and O–H groups in total. The van der Waals surface area contributed by atoms with Gasteiger partial charge in [0.05, 0.1) is 0 Å². The molecule has 6 aromatic carbocycles. The summed E-state index contributed by atoms with van der Waals surface area (Å²) in [6, 6.07) is 48.6. The Balaban J connectivity index is 1.30. The van der Waals surface area contributed by atoms with Gasteiger partial charge in [-0.2, -0.15) is 0 Å². The summed E-state index contributed by atoms with van der Waals surface area (Å²) in [5, 5.41) is 6.23. The Labute approximate surface area is 264 Å². The van der Waals surface area contributed by atoms with Gasteiger partial charge in [-0.3, -0.25) is 0 Å². The summed E-state index contributed by atoms with van der Waals surface area (Å²) >= 11 is 0.103. The van der Waals surface area contributed by atoms with Gasteiger partial charge in [0.2, 0.25) is 0 Å². The second-order valence-electron chi connectivity index (χ2n) is 11.5. The molecule has 0 amide bonds. The molecule has 0 aliphatic heterocycles. The van der Waals surface area contributed by atoms with Crippen LogP contribution in [0, 0.1) is 0 Å². The molecule has 0 unspecified atom stereocenters. The Morgan fingerprint density at radius 2 is 1.07 bits per heavy atom. The van der Waals surface area contributed by atoms with E-state index in [4.69, 9.17) is 9.97 Å². The Bertz CT molecular complexity index is 2710. The first-order chi connectivity index (χ1) is 22.3. The standard InChI is InChI=1S/C40H24N4Se/c1-2-10-25(11-3-1)30-23-32-38(45-40-39(32)41-20-21-42-40)24-37(30)44-35-17-9-6-14-29(35)31-22-26(18-19-36(31)44)43-33-15-7-4-12-27(33)28-13-5-8-16-34(28)43/h1-24H. The van der Waals surface area contributed by atoms with Crippen LogP contribution in [0.2, 0.25) is 0 Å². The Morgan fingerprint density at radius 3 is 1.80 bits per heavy atom. The summed E-state index contributed by atoms with van der Waals surface area (Å²) in [4.78, 5) is 9.45. The Morgan fingerprint density at radius 1 is 0.467 bits per heavy atom. The van der Waals surface area contributed by atoms with Crippen molar-refractivity contribution in [1.29, 1.82) is 0 Å². The molecule has 10 rings (SSSR count). The first-order valence-electron chi connectivity index (χ1n) is 15.1. The van der Waals surface area contributed by atoms with E-state index < -0.39 is 0 Å². The van der Waals surface area contributed by atoms with Gasteiger partial charge in [0, 0.05) is 0 Å². The second kappa shape index (κ2) is 9.51. The van der Waals surface area contributed by atoms with E-state index in [-0.39, 0.29) is 14.5 Å². The number of aromatic nitrogens is 4. The van der Waals surface area contributed by atoms with E-state index in [2.05, 4.69) is 143 Å². The van der Waals surface area contributed by atoms with Crippen LogP contribution in [-0.2, 0) is 0 Å². The predicted octanol–water partition coefficient (Wildman–Crippen LogP) is 9.70. The molecule has 0 aliphatic carbocycles. The van der Waals surface area contributed by atoms with Crippen LogP contribution in [0.3, 0.4) is 0 Å². The van der Waals surface area contributed by atoms with Crippen molar-refractivity contribution in [3.05, 3.63) is 146 Å². The van der Waals surface area contributed by atoms with Gasteiger partial charge >= 0.3 is 253 Å². The van der Waals surface area contributed by atoms with E-state index in [0.717, 1.165) is 15.6 Å². The zero-order valence-corrected chi connectivity index (χ0v) is 25.8. The molecule has 45 heavy (non-hydrogen) atoms. The first kappa shape index (κ1) is 24.9. The molecule has 0 atom stereocenters. The third kappa shape index (κ3) is 3.60. The molecule has 0 bridgehead atoms. The average molecular weight is 640 g/mol. The SMILES string of the molecule is c1ccc(-c2cc3c(cc2-n2c4ccccc4c4cc(-n5c6ccccc6c6ccccc65)ccc42)[se]c2nccnc23)cc1. The molecule has 10 aromatic rings. The Hall–Kier alpha value is -5.48. The van der Waals surface area contributed by atoms with E-state index in [1.54, 1.807) is 0 Å². The number of nitrogens with zero attached hydrogens (tertiary/aromatic N) is 4. The maximum absolute atomic E-state index is 4.75. The van der Waals surface area contributed by atoms with Gasteiger partial charge in [-0.15, -0.1) is 0 Å². The van der Waals surface area contributed by atoms with Gasteiger partial charge in [-0.05, 0) is 0 Å². The molecule has 0 radical (unpaired) electrons. The van der Waals surface area contributed by atoms with Crippen molar-refractivity contribution < 1.29 is 0 Å². The van der Waals surface area contributed by atoms with Gasteiger partial charge < -0.3 is 0 Å². The van der Waals surface area contributed by atoms with Crippen LogP contribution in [-0.4, -0.2) is 33.6 Å². The fourth-order valence-corrected chi connectivity index (χ4v) is 9.26. The second-order valence-corrected chi connectivity index (χ2v) is 13.6. The molecule has 210 valence electrons. The molecule has 4 heterocycles. The van der Waals surface area contributed by atoms with Crippen LogP contribution in [0.4, 0.5) is 0 Å².